The highest BCUT2D eigenvalue weighted by Gasteiger charge is 2.17. The van der Waals surface area contributed by atoms with Crippen LogP contribution in [-0.2, 0) is 6.54 Å². The van der Waals surface area contributed by atoms with Crippen LogP contribution in [0.3, 0.4) is 0 Å². The van der Waals surface area contributed by atoms with E-state index in [1.165, 1.54) is 0 Å². The van der Waals surface area contributed by atoms with Gasteiger partial charge in [0.1, 0.15) is 5.76 Å². The van der Waals surface area contributed by atoms with Gasteiger partial charge in [-0.3, -0.25) is 9.59 Å². The molecule has 0 atom stereocenters. The summed E-state index contributed by atoms with van der Waals surface area (Å²) in [5.41, 5.74) is 1.32. The third-order valence-corrected chi connectivity index (χ3v) is 5.45. The number of aromatic nitrogens is 2. The van der Waals surface area contributed by atoms with Crippen LogP contribution in [0.4, 0.5) is 5.69 Å². The van der Waals surface area contributed by atoms with Crippen LogP contribution in [0, 0.1) is 0 Å². The highest BCUT2D eigenvalue weighted by atomic mass is 35.5. The van der Waals surface area contributed by atoms with Gasteiger partial charge in [-0.1, -0.05) is 35.3 Å². The number of aryl methyl sites for hydroxylation is 1. The third kappa shape index (κ3) is 5.63. The quantitative estimate of drug-likeness (QED) is 0.323. The van der Waals surface area contributed by atoms with Crippen LogP contribution in [0.2, 0.25) is 10.0 Å². The molecule has 2 N–H and O–H groups in total. The minimum atomic E-state index is -0.486. The topological polar surface area (TPSA) is 89.2 Å². The number of rotatable bonds is 8. The van der Waals surface area contributed by atoms with Crippen molar-refractivity contribution in [2.75, 3.05) is 11.9 Å². The van der Waals surface area contributed by atoms with Crippen molar-refractivity contribution in [3.63, 3.8) is 0 Å². The van der Waals surface area contributed by atoms with E-state index in [0.717, 1.165) is 13.0 Å². The first-order chi connectivity index (χ1) is 16.0. The molecule has 0 saturated carbocycles. The Morgan fingerprint density at radius 3 is 2.70 bits per heavy atom. The second kappa shape index (κ2) is 10.4. The summed E-state index contributed by atoms with van der Waals surface area (Å²) in [5, 5.41) is 6.58. The van der Waals surface area contributed by atoms with E-state index in [4.69, 9.17) is 27.6 Å². The molecule has 2 aromatic heterocycles. The molecule has 2 amide bonds. The van der Waals surface area contributed by atoms with Gasteiger partial charge in [-0.15, -0.1) is 0 Å². The summed E-state index contributed by atoms with van der Waals surface area (Å²) < 4.78 is 7.63. The molecule has 2 aromatic carbocycles. The predicted molar refractivity (Wildman–Crippen MR) is 128 cm³/mol. The van der Waals surface area contributed by atoms with Gasteiger partial charge in [-0.05, 0) is 48.9 Å². The molecule has 0 fully saturated rings. The van der Waals surface area contributed by atoms with Gasteiger partial charge in [0.25, 0.3) is 11.8 Å². The first-order valence-corrected chi connectivity index (χ1v) is 11.0. The minimum absolute atomic E-state index is 0.0802. The van der Waals surface area contributed by atoms with Crippen molar-refractivity contribution in [2.45, 2.75) is 13.0 Å². The van der Waals surface area contributed by atoms with E-state index in [-0.39, 0.29) is 11.7 Å². The number of nitrogens with zero attached hydrogens (tertiary/aromatic N) is 2. The highest BCUT2D eigenvalue weighted by molar-refractivity contribution is 6.35. The maximum Gasteiger partial charge on any atom is 0.291 e. The molecule has 2 heterocycles. The summed E-state index contributed by atoms with van der Waals surface area (Å²) in [7, 11) is 0. The molecule has 9 heteroatoms. The molecule has 7 nitrogen and oxygen atoms in total. The molecule has 0 aliphatic rings. The number of benzene rings is 2. The minimum Gasteiger partial charge on any atom is -0.451 e. The van der Waals surface area contributed by atoms with E-state index in [1.54, 1.807) is 67.1 Å². The normalized spacial score (nSPS) is 10.7. The molecule has 0 spiro atoms. The summed E-state index contributed by atoms with van der Waals surface area (Å²) in [6.07, 6.45) is 6.06. The zero-order valence-corrected chi connectivity index (χ0v) is 18.9. The molecule has 0 aliphatic heterocycles. The Morgan fingerprint density at radius 1 is 1.03 bits per heavy atom. The smallest absolute Gasteiger partial charge is 0.291 e. The highest BCUT2D eigenvalue weighted by Crippen LogP contribution is 2.32. The van der Waals surface area contributed by atoms with Gasteiger partial charge in [0, 0.05) is 36.1 Å². The van der Waals surface area contributed by atoms with Crippen molar-refractivity contribution in [3.05, 3.63) is 94.7 Å². The summed E-state index contributed by atoms with van der Waals surface area (Å²) in [6, 6.07) is 15.0. The van der Waals surface area contributed by atoms with Crippen LogP contribution >= 0.6 is 23.2 Å². The Bertz CT molecular complexity index is 1270. The lowest BCUT2D eigenvalue weighted by Crippen LogP contribution is -2.26. The lowest BCUT2D eigenvalue weighted by Gasteiger charge is -2.11. The van der Waals surface area contributed by atoms with Gasteiger partial charge < -0.3 is 19.6 Å². The van der Waals surface area contributed by atoms with Crippen molar-refractivity contribution in [2.24, 2.45) is 0 Å². The predicted octanol–water partition coefficient (Wildman–Crippen LogP) is 5.52. The van der Waals surface area contributed by atoms with Gasteiger partial charge >= 0.3 is 0 Å². The van der Waals surface area contributed by atoms with E-state index < -0.39 is 5.91 Å². The van der Waals surface area contributed by atoms with E-state index in [9.17, 15) is 9.59 Å². The largest absolute Gasteiger partial charge is 0.451 e. The first-order valence-electron chi connectivity index (χ1n) is 10.2. The first kappa shape index (κ1) is 22.6. The molecule has 0 bridgehead atoms. The van der Waals surface area contributed by atoms with E-state index in [0.29, 0.717) is 39.2 Å². The third-order valence-electron chi connectivity index (χ3n) is 4.88. The average Bonchev–Trinajstić information content (AvgIpc) is 3.51. The van der Waals surface area contributed by atoms with Crippen molar-refractivity contribution < 1.29 is 14.0 Å². The molecule has 0 unspecified atom stereocenters. The number of anilines is 1. The van der Waals surface area contributed by atoms with Crippen LogP contribution in [0.1, 0.15) is 27.3 Å². The Hall–Kier alpha value is -3.55. The molecule has 4 rings (SSSR count). The lowest BCUT2D eigenvalue weighted by molar-refractivity contribution is 0.0953. The Labute approximate surface area is 200 Å². The zero-order chi connectivity index (χ0) is 23.2. The van der Waals surface area contributed by atoms with E-state index >= 15 is 0 Å². The number of carbonyl (C=O) groups excluding carboxylic acids is 2. The van der Waals surface area contributed by atoms with Gasteiger partial charge in [-0.25, -0.2) is 4.98 Å². The maximum atomic E-state index is 12.8. The molecular weight excluding hydrogens is 463 g/mol. The Kier molecular flexibility index (Phi) is 7.12. The van der Waals surface area contributed by atoms with Crippen molar-refractivity contribution >= 4 is 40.7 Å². The summed E-state index contributed by atoms with van der Waals surface area (Å²) >= 11 is 12.3. The summed E-state index contributed by atoms with van der Waals surface area (Å²) in [4.78, 5) is 29.4. The van der Waals surface area contributed by atoms with Crippen molar-refractivity contribution in [1.82, 2.24) is 14.9 Å². The Balaban J connectivity index is 1.41. The van der Waals surface area contributed by atoms with Gasteiger partial charge in [0.2, 0.25) is 0 Å². The molecule has 33 heavy (non-hydrogen) atoms. The van der Waals surface area contributed by atoms with E-state index in [2.05, 4.69) is 15.6 Å². The van der Waals surface area contributed by atoms with Crippen LogP contribution in [-0.4, -0.2) is 27.9 Å². The zero-order valence-electron chi connectivity index (χ0n) is 17.4. The average molecular weight is 483 g/mol. The van der Waals surface area contributed by atoms with Gasteiger partial charge in [0.05, 0.1) is 22.6 Å². The molecule has 0 radical (unpaired) electrons. The number of carbonyl (C=O) groups is 2. The van der Waals surface area contributed by atoms with Crippen LogP contribution in [0.15, 0.2) is 77.7 Å². The number of imidazole rings is 1. The van der Waals surface area contributed by atoms with Crippen LogP contribution < -0.4 is 10.6 Å². The fraction of sp³-hybridized carbons (Fsp3) is 0.125. The molecule has 0 saturated heterocycles. The van der Waals surface area contributed by atoms with Gasteiger partial charge in [0.15, 0.2) is 5.76 Å². The van der Waals surface area contributed by atoms with Crippen molar-refractivity contribution in [3.8, 4) is 11.3 Å². The number of hydrogen-bond donors (Lipinski definition) is 2. The standard InChI is InChI=1S/C24H20Cl2N4O3/c25-16-6-7-19(26)18(14-16)21-8-9-22(33-21)24(32)29-20-5-2-1-4-17(20)23(31)28-10-3-12-30-13-11-27-15-30/h1-2,4-9,11,13-15H,3,10,12H2,(H,28,31)(H,29,32). The second-order valence-electron chi connectivity index (χ2n) is 7.20. The summed E-state index contributed by atoms with van der Waals surface area (Å²) in [6.45, 7) is 1.23. The summed E-state index contributed by atoms with van der Waals surface area (Å²) in [5.74, 6) is -0.268. The van der Waals surface area contributed by atoms with E-state index in [1.807, 2.05) is 10.8 Å². The maximum absolute atomic E-state index is 12.8. The van der Waals surface area contributed by atoms with Crippen LogP contribution in [0.5, 0.6) is 0 Å². The SMILES string of the molecule is O=C(Nc1ccccc1C(=O)NCCCn1ccnc1)c1ccc(-c2cc(Cl)ccc2Cl)o1. The molecule has 168 valence electrons. The fourth-order valence-corrected chi connectivity index (χ4v) is 3.63. The fourth-order valence-electron chi connectivity index (χ4n) is 3.24. The molecule has 0 aliphatic carbocycles. The number of halogens is 2. The monoisotopic (exact) mass is 482 g/mol. The van der Waals surface area contributed by atoms with Gasteiger partial charge in [-0.2, -0.15) is 0 Å². The second-order valence-corrected chi connectivity index (χ2v) is 8.04. The number of para-hydroxylation sites is 1. The molecule has 4 aromatic rings. The lowest BCUT2D eigenvalue weighted by atomic mass is 10.1. The number of amides is 2. The Morgan fingerprint density at radius 2 is 1.88 bits per heavy atom. The number of furan rings is 1. The number of nitrogens with one attached hydrogen (secondary N) is 2. The van der Waals surface area contributed by atoms with Crippen molar-refractivity contribution in [1.29, 1.82) is 0 Å². The molecular formula is C24H20Cl2N4O3. The number of hydrogen-bond acceptors (Lipinski definition) is 4. The van der Waals surface area contributed by atoms with Crippen LogP contribution in [0.25, 0.3) is 11.3 Å².